The number of hydrogen-bond acceptors (Lipinski definition) is 6. The van der Waals surface area contributed by atoms with Crippen molar-refractivity contribution in [2.45, 2.75) is 24.8 Å². The fourth-order valence-corrected chi connectivity index (χ4v) is 4.31. The first-order valence-corrected chi connectivity index (χ1v) is 11.9. The zero-order chi connectivity index (χ0) is 24.9. The van der Waals surface area contributed by atoms with E-state index in [4.69, 9.17) is 9.47 Å². The number of nitrogens with zero attached hydrogens (tertiary/aromatic N) is 1. The Morgan fingerprint density at radius 2 is 1.56 bits per heavy atom. The summed E-state index contributed by atoms with van der Waals surface area (Å²) in [5.41, 5.74) is 2.14. The SMILES string of the molecule is COc1ccccc1N(C)S(=O)(=O)c1ccc(C(=O)O[C@@H](C)C(=O)Nc2ccc(C)cc2)cc1. The fraction of sp³-hybridized carbons (Fsp3) is 0.200. The van der Waals surface area contributed by atoms with Crippen LogP contribution in [0.2, 0.25) is 0 Å². The molecule has 3 aromatic rings. The predicted molar refractivity (Wildman–Crippen MR) is 130 cm³/mol. The first-order valence-electron chi connectivity index (χ1n) is 10.4. The zero-order valence-electron chi connectivity index (χ0n) is 19.3. The van der Waals surface area contributed by atoms with Crippen molar-refractivity contribution < 1.29 is 27.5 Å². The summed E-state index contributed by atoms with van der Waals surface area (Å²) in [6.07, 6.45) is -1.05. The molecular formula is C25H26N2O6S. The maximum atomic E-state index is 13.0. The van der Waals surface area contributed by atoms with Crippen LogP contribution in [0.1, 0.15) is 22.8 Å². The quantitative estimate of drug-likeness (QED) is 0.487. The van der Waals surface area contributed by atoms with Crippen LogP contribution in [-0.4, -0.2) is 40.6 Å². The van der Waals surface area contributed by atoms with Gasteiger partial charge in [-0.15, -0.1) is 0 Å². The summed E-state index contributed by atoms with van der Waals surface area (Å²) in [5.74, 6) is -0.810. The number of carbonyl (C=O) groups excluding carboxylic acids is 2. The van der Waals surface area contributed by atoms with Crippen molar-refractivity contribution in [3.05, 3.63) is 83.9 Å². The lowest BCUT2D eigenvalue weighted by Crippen LogP contribution is -2.30. The molecule has 0 fully saturated rings. The number of rotatable bonds is 8. The van der Waals surface area contributed by atoms with Crippen molar-refractivity contribution in [1.82, 2.24) is 0 Å². The Morgan fingerprint density at radius 1 is 0.941 bits per heavy atom. The molecule has 34 heavy (non-hydrogen) atoms. The smallest absolute Gasteiger partial charge is 0.338 e. The van der Waals surface area contributed by atoms with Crippen LogP contribution >= 0.6 is 0 Å². The first-order chi connectivity index (χ1) is 16.1. The van der Waals surface area contributed by atoms with Crippen LogP contribution in [0.4, 0.5) is 11.4 Å². The Bertz CT molecular complexity index is 1270. The number of anilines is 2. The van der Waals surface area contributed by atoms with Crippen molar-refractivity contribution in [2.75, 3.05) is 23.8 Å². The van der Waals surface area contributed by atoms with Gasteiger partial charge in [-0.25, -0.2) is 13.2 Å². The van der Waals surface area contributed by atoms with Crippen LogP contribution in [-0.2, 0) is 19.6 Å². The summed E-state index contributed by atoms with van der Waals surface area (Å²) in [4.78, 5) is 24.8. The van der Waals surface area contributed by atoms with Gasteiger partial charge in [-0.3, -0.25) is 9.10 Å². The highest BCUT2D eigenvalue weighted by atomic mass is 32.2. The van der Waals surface area contributed by atoms with E-state index in [1.54, 1.807) is 36.4 Å². The first kappa shape index (κ1) is 24.8. The molecule has 9 heteroatoms. The Labute approximate surface area is 199 Å². The zero-order valence-corrected chi connectivity index (χ0v) is 20.1. The van der Waals surface area contributed by atoms with Crippen molar-refractivity contribution >= 4 is 33.3 Å². The van der Waals surface area contributed by atoms with Gasteiger partial charge in [0.25, 0.3) is 15.9 Å². The summed E-state index contributed by atoms with van der Waals surface area (Å²) in [6.45, 7) is 3.39. The molecule has 0 aliphatic rings. The lowest BCUT2D eigenvalue weighted by Gasteiger charge is -2.21. The summed E-state index contributed by atoms with van der Waals surface area (Å²) < 4.78 is 37.7. The number of nitrogens with one attached hydrogen (secondary N) is 1. The summed E-state index contributed by atoms with van der Waals surface area (Å²) in [6, 6.07) is 19.3. The van der Waals surface area contributed by atoms with Crippen molar-refractivity contribution in [1.29, 1.82) is 0 Å². The predicted octanol–water partition coefficient (Wildman–Crippen LogP) is 4.01. The van der Waals surface area contributed by atoms with E-state index in [1.807, 2.05) is 19.1 Å². The number of hydrogen-bond donors (Lipinski definition) is 1. The Balaban J connectivity index is 1.68. The van der Waals surface area contributed by atoms with E-state index in [1.165, 1.54) is 45.3 Å². The number of esters is 1. The molecule has 3 aromatic carbocycles. The summed E-state index contributed by atoms with van der Waals surface area (Å²) >= 11 is 0. The summed E-state index contributed by atoms with van der Waals surface area (Å²) in [5, 5.41) is 2.68. The van der Waals surface area contributed by atoms with Crippen LogP contribution < -0.4 is 14.4 Å². The molecule has 0 radical (unpaired) electrons. The van der Waals surface area contributed by atoms with Gasteiger partial charge in [0.2, 0.25) is 0 Å². The minimum absolute atomic E-state index is 0.0115. The van der Waals surface area contributed by atoms with E-state index in [0.29, 0.717) is 17.1 Å². The van der Waals surface area contributed by atoms with Gasteiger partial charge in [-0.05, 0) is 62.4 Å². The molecule has 0 aliphatic carbocycles. The molecule has 178 valence electrons. The number of amides is 1. The maximum absolute atomic E-state index is 13.0. The molecule has 0 aromatic heterocycles. The molecule has 0 unspecified atom stereocenters. The molecule has 0 heterocycles. The van der Waals surface area contributed by atoms with Gasteiger partial charge >= 0.3 is 5.97 Å². The average Bonchev–Trinajstić information content (AvgIpc) is 2.84. The number of ether oxygens (including phenoxy) is 2. The largest absolute Gasteiger partial charge is 0.495 e. The maximum Gasteiger partial charge on any atom is 0.338 e. The molecule has 0 saturated carbocycles. The number of para-hydroxylation sites is 2. The van der Waals surface area contributed by atoms with Gasteiger partial charge in [-0.2, -0.15) is 0 Å². The Morgan fingerprint density at radius 3 is 2.18 bits per heavy atom. The number of methoxy groups -OCH3 is 1. The highest BCUT2D eigenvalue weighted by Crippen LogP contribution is 2.30. The molecular weight excluding hydrogens is 456 g/mol. The third-order valence-corrected chi connectivity index (χ3v) is 6.93. The van der Waals surface area contributed by atoms with E-state index in [2.05, 4.69) is 5.32 Å². The second-order valence-corrected chi connectivity index (χ2v) is 9.54. The van der Waals surface area contributed by atoms with Gasteiger partial charge in [0, 0.05) is 12.7 Å². The number of benzene rings is 3. The number of carbonyl (C=O) groups is 2. The number of aryl methyl sites for hydroxylation is 1. The van der Waals surface area contributed by atoms with Gasteiger partial charge in [0.1, 0.15) is 5.75 Å². The van der Waals surface area contributed by atoms with Crippen molar-refractivity contribution in [2.24, 2.45) is 0 Å². The molecule has 0 saturated heterocycles. The van der Waals surface area contributed by atoms with Crippen molar-refractivity contribution in [3.63, 3.8) is 0 Å². The van der Waals surface area contributed by atoms with Crippen LogP contribution in [0, 0.1) is 6.92 Å². The Hall–Kier alpha value is -3.85. The second kappa shape index (κ2) is 10.4. The van der Waals surface area contributed by atoms with Crippen LogP contribution in [0.5, 0.6) is 5.75 Å². The molecule has 3 rings (SSSR count). The normalized spacial score (nSPS) is 11.9. The lowest BCUT2D eigenvalue weighted by atomic mass is 10.2. The van der Waals surface area contributed by atoms with Gasteiger partial charge < -0.3 is 14.8 Å². The van der Waals surface area contributed by atoms with E-state index in [-0.39, 0.29) is 10.5 Å². The average molecular weight is 483 g/mol. The van der Waals surface area contributed by atoms with E-state index < -0.39 is 28.0 Å². The van der Waals surface area contributed by atoms with E-state index in [9.17, 15) is 18.0 Å². The highest BCUT2D eigenvalue weighted by Gasteiger charge is 2.25. The number of sulfonamides is 1. The third-order valence-electron chi connectivity index (χ3n) is 5.14. The summed E-state index contributed by atoms with van der Waals surface area (Å²) in [7, 11) is -1.02. The molecule has 0 spiro atoms. The standard InChI is InChI=1S/C25H26N2O6S/c1-17-9-13-20(14-10-17)26-24(28)18(2)33-25(29)19-11-15-21(16-12-19)34(30,31)27(3)22-7-5-6-8-23(22)32-4/h5-16,18H,1-4H3,(H,26,28)/t18-/m0/s1. The van der Waals surface area contributed by atoms with Crippen LogP contribution in [0.3, 0.4) is 0 Å². The van der Waals surface area contributed by atoms with Gasteiger partial charge in [0.15, 0.2) is 6.10 Å². The third kappa shape index (κ3) is 5.55. The van der Waals surface area contributed by atoms with Crippen molar-refractivity contribution in [3.8, 4) is 5.75 Å². The van der Waals surface area contributed by atoms with E-state index >= 15 is 0 Å². The lowest BCUT2D eigenvalue weighted by molar-refractivity contribution is -0.123. The molecule has 1 amide bonds. The molecule has 1 atom stereocenters. The fourth-order valence-electron chi connectivity index (χ4n) is 3.10. The molecule has 0 bridgehead atoms. The minimum atomic E-state index is -3.90. The van der Waals surface area contributed by atoms with Gasteiger partial charge in [-0.1, -0.05) is 29.8 Å². The van der Waals surface area contributed by atoms with Crippen LogP contribution in [0.15, 0.2) is 77.7 Å². The highest BCUT2D eigenvalue weighted by molar-refractivity contribution is 7.92. The topological polar surface area (TPSA) is 102 Å². The monoisotopic (exact) mass is 482 g/mol. The van der Waals surface area contributed by atoms with Gasteiger partial charge in [0.05, 0.1) is 23.3 Å². The minimum Gasteiger partial charge on any atom is -0.495 e. The van der Waals surface area contributed by atoms with E-state index in [0.717, 1.165) is 9.87 Å². The molecule has 1 N–H and O–H groups in total. The van der Waals surface area contributed by atoms with Crippen LogP contribution in [0.25, 0.3) is 0 Å². The molecule has 8 nitrogen and oxygen atoms in total. The molecule has 0 aliphatic heterocycles. The second-order valence-electron chi connectivity index (χ2n) is 7.57. The Kier molecular flexibility index (Phi) is 7.57.